The largest absolute Gasteiger partial charge is 0.452 e. The summed E-state index contributed by atoms with van der Waals surface area (Å²) in [4.78, 5) is 12.7. The van der Waals surface area contributed by atoms with Gasteiger partial charge in [-0.3, -0.25) is 4.79 Å². The van der Waals surface area contributed by atoms with Crippen molar-refractivity contribution in [3.8, 4) is 11.5 Å². The van der Waals surface area contributed by atoms with Crippen LogP contribution in [0.4, 0.5) is 0 Å². The van der Waals surface area contributed by atoms with E-state index in [2.05, 4.69) is 0 Å². The quantitative estimate of drug-likeness (QED) is 0.369. The second-order valence-corrected chi connectivity index (χ2v) is 8.94. The van der Waals surface area contributed by atoms with Crippen LogP contribution in [0.15, 0.2) is 71.3 Å². The number of Topliss-reactive ketones (excluding diaryl/α,β-unsaturated/α-hetero) is 1. The summed E-state index contributed by atoms with van der Waals surface area (Å²) in [5.41, 5.74) is 1.66. The van der Waals surface area contributed by atoms with E-state index in [1.807, 2.05) is 6.92 Å². The zero-order valence-electron chi connectivity index (χ0n) is 15.6. The number of hydrogen-bond acceptors (Lipinski definition) is 5. The van der Waals surface area contributed by atoms with Crippen LogP contribution in [0.2, 0.25) is 10.0 Å². The topological polar surface area (TPSA) is 69.7 Å². The third kappa shape index (κ3) is 3.94. The molecule has 0 N–H and O–H groups in total. The van der Waals surface area contributed by atoms with Gasteiger partial charge >= 0.3 is 10.1 Å². The monoisotopic (exact) mass is 460 g/mol. The van der Waals surface area contributed by atoms with E-state index in [9.17, 15) is 13.2 Å². The Morgan fingerprint density at radius 2 is 1.63 bits per heavy atom. The zero-order valence-corrected chi connectivity index (χ0v) is 17.9. The van der Waals surface area contributed by atoms with Crippen LogP contribution in [-0.2, 0) is 10.1 Å². The van der Waals surface area contributed by atoms with Gasteiger partial charge in [-0.1, -0.05) is 47.0 Å². The van der Waals surface area contributed by atoms with Crippen LogP contribution in [0.1, 0.15) is 21.5 Å². The van der Waals surface area contributed by atoms with Crippen molar-refractivity contribution in [1.29, 1.82) is 0 Å². The first-order chi connectivity index (χ1) is 14.2. The van der Waals surface area contributed by atoms with Gasteiger partial charge < -0.3 is 8.92 Å². The lowest BCUT2D eigenvalue weighted by Gasteiger charge is -2.08. The van der Waals surface area contributed by atoms with Gasteiger partial charge in [-0.25, -0.2) is 0 Å². The number of allylic oxidation sites excluding steroid dienone is 1. The Morgan fingerprint density at radius 3 is 2.30 bits per heavy atom. The van der Waals surface area contributed by atoms with Gasteiger partial charge in [-0.15, -0.1) is 0 Å². The number of ketones is 1. The minimum Gasteiger partial charge on any atom is -0.452 e. The molecule has 1 aliphatic rings. The molecule has 1 aliphatic heterocycles. The minimum atomic E-state index is -4.02. The average Bonchev–Trinajstić information content (AvgIpc) is 3.00. The Morgan fingerprint density at radius 1 is 0.967 bits per heavy atom. The lowest BCUT2D eigenvalue weighted by atomic mass is 10.1. The molecule has 3 aromatic carbocycles. The van der Waals surface area contributed by atoms with Gasteiger partial charge in [0, 0.05) is 21.7 Å². The van der Waals surface area contributed by atoms with Crippen LogP contribution < -0.4 is 8.92 Å². The normalized spacial score (nSPS) is 14.5. The minimum absolute atomic E-state index is 0.0264. The second kappa shape index (κ2) is 7.80. The van der Waals surface area contributed by atoms with E-state index in [1.54, 1.807) is 30.3 Å². The first kappa shape index (κ1) is 20.5. The van der Waals surface area contributed by atoms with Gasteiger partial charge in [-0.05, 0) is 49.4 Å². The number of fused-ring (bicyclic) bond motifs is 1. The maximum Gasteiger partial charge on any atom is 0.339 e. The van der Waals surface area contributed by atoms with Crippen molar-refractivity contribution >= 4 is 45.2 Å². The highest BCUT2D eigenvalue weighted by atomic mass is 35.5. The molecule has 3 aromatic rings. The highest BCUT2D eigenvalue weighted by molar-refractivity contribution is 7.87. The number of aryl methyl sites for hydroxylation is 1. The van der Waals surface area contributed by atoms with Gasteiger partial charge in [0.15, 0.2) is 5.76 Å². The summed E-state index contributed by atoms with van der Waals surface area (Å²) in [6.07, 6.45) is 1.45. The molecule has 1 heterocycles. The Hall–Kier alpha value is -2.80. The smallest absolute Gasteiger partial charge is 0.339 e. The first-order valence-electron chi connectivity index (χ1n) is 8.78. The molecule has 0 radical (unpaired) electrons. The number of carbonyl (C=O) groups excluding carboxylic acids is 1. The highest BCUT2D eigenvalue weighted by Gasteiger charge is 2.29. The second-order valence-electron chi connectivity index (χ2n) is 6.58. The molecule has 5 nitrogen and oxygen atoms in total. The molecule has 0 amide bonds. The van der Waals surface area contributed by atoms with Crippen molar-refractivity contribution in [2.24, 2.45) is 0 Å². The highest BCUT2D eigenvalue weighted by Crippen LogP contribution is 2.37. The summed E-state index contributed by atoms with van der Waals surface area (Å²) in [6.45, 7) is 1.85. The van der Waals surface area contributed by atoms with Gasteiger partial charge in [0.2, 0.25) is 5.78 Å². The maximum atomic E-state index is 12.6. The van der Waals surface area contributed by atoms with Crippen molar-refractivity contribution in [3.63, 3.8) is 0 Å². The summed E-state index contributed by atoms with van der Waals surface area (Å²) < 4.78 is 35.8. The summed E-state index contributed by atoms with van der Waals surface area (Å²) in [6, 6.07) is 15.5. The molecule has 4 rings (SSSR count). The summed E-state index contributed by atoms with van der Waals surface area (Å²) in [7, 11) is -4.02. The van der Waals surface area contributed by atoms with Gasteiger partial charge in [0.1, 0.15) is 16.4 Å². The molecule has 152 valence electrons. The number of halogens is 2. The van der Waals surface area contributed by atoms with Gasteiger partial charge in [-0.2, -0.15) is 8.42 Å². The predicted octanol–water partition coefficient (Wildman–Crippen LogP) is 5.69. The molecule has 0 aromatic heterocycles. The summed E-state index contributed by atoms with van der Waals surface area (Å²) in [5.74, 6) is -0.127. The maximum absolute atomic E-state index is 12.6. The SMILES string of the molecule is Cc1ccc(S(=O)(=O)Oc2ccc3c(c2)OC(=Cc2c(Cl)cccc2Cl)C3=O)cc1. The third-order valence-electron chi connectivity index (χ3n) is 4.43. The molecular formula is C22H14Cl2O5S. The summed E-state index contributed by atoms with van der Waals surface area (Å²) in [5, 5.41) is 0.742. The zero-order chi connectivity index (χ0) is 21.5. The number of carbonyl (C=O) groups is 1. The van der Waals surface area contributed by atoms with Crippen LogP contribution in [0, 0.1) is 6.92 Å². The van der Waals surface area contributed by atoms with Crippen molar-refractivity contribution < 1.29 is 22.1 Å². The lowest BCUT2D eigenvalue weighted by molar-refractivity contribution is 0.101. The van der Waals surface area contributed by atoms with Gasteiger partial charge in [0.05, 0.1) is 5.56 Å². The molecule has 30 heavy (non-hydrogen) atoms. The Bertz CT molecular complexity index is 1280. The molecule has 0 unspecified atom stereocenters. The number of ether oxygens (including phenoxy) is 1. The fourth-order valence-electron chi connectivity index (χ4n) is 2.88. The first-order valence-corrected chi connectivity index (χ1v) is 10.9. The van der Waals surface area contributed by atoms with E-state index in [4.69, 9.17) is 32.1 Å². The van der Waals surface area contributed by atoms with E-state index in [1.165, 1.54) is 36.4 Å². The molecule has 0 saturated carbocycles. The number of rotatable bonds is 4. The fraction of sp³-hybridized carbons (Fsp3) is 0.0455. The van der Waals surface area contributed by atoms with Crippen LogP contribution >= 0.6 is 23.2 Å². The van der Waals surface area contributed by atoms with Crippen LogP contribution in [0.5, 0.6) is 11.5 Å². The number of benzene rings is 3. The van der Waals surface area contributed by atoms with E-state index >= 15 is 0 Å². The molecule has 0 fully saturated rings. The van der Waals surface area contributed by atoms with Crippen molar-refractivity contribution in [3.05, 3.63) is 93.2 Å². The standard InChI is InChI=1S/C22H14Cl2O5S/c1-13-5-8-15(9-6-13)30(26,27)29-14-7-10-16-20(11-14)28-21(22(16)25)12-17-18(23)3-2-4-19(17)24/h2-12H,1H3. The van der Waals surface area contributed by atoms with Crippen molar-refractivity contribution in [2.45, 2.75) is 11.8 Å². The Balaban J connectivity index is 1.62. The van der Waals surface area contributed by atoms with E-state index < -0.39 is 10.1 Å². The van der Waals surface area contributed by atoms with E-state index in [-0.39, 0.29) is 33.5 Å². The molecule has 8 heteroatoms. The van der Waals surface area contributed by atoms with Gasteiger partial charge in [0.25, 0.3) is 0 Å². The third-order valence-corrected chi connectivity index (χ3v) is 6.35. The fourth-order valence-corrected chi connectivity index (χ4v) is 4.31. The van der Waals surface area contributed by atoms with E-state index in [0.29, 0.717) is 15.6 Å². The van der Waals surface area contributed by atoms with Crippen molar-refractivity contribution in [2.75, 3.05) is 0 Å². The number of hydrogen-bond donors (Lipinski definition) is 0. The van der Waals surface area contributed by atoms with Crippen LogP contribution in [-0.4, -0.2) is 14.2 Å². The summed E-state index contributed by atoms with van der Waals surface area (Å²) >= 11 is 12.3. The van der Waals surface area contributed by atoms with E-state index in [0.717, 1.165) is 5.56 Å². The molecule has 0 spiro atoms. The Kier molecular flexibility index (Phi) is 5.32. The average molecular weight is 461 g/mol. The van der Waals surface area contributed by atoms with Crippen LogP contribution in [0.3, 0.4) is 0 Å². The molecular weight excluding hydrogens is 447 g/mol. The molecule has 0 aliphatic carbocycles. The van der Waals surface area contributed by atoms with Crippen LogP contribution in [0.25, 0.3) is 6.08 Å². The Labute approximate surface area is 183 Å². The lowest BCUT2D eigenvalue weighted by Crippen LogP contribution is -2.09. The molecule has 0 saturated heterocycles. The van der Waals surface area contributed by atoms with Crippen molar-refractivity contribution in [1.82, 2.24) is 0 Å². The predicted molar refractivity (Wildman–Crippen MR) is 115 cm³/mol. The molecule has 0 atom stereocenters. The molecule has 0 bridgehead atoms.